The number of hydrogen-bond donors (Lipinski definition) is 0. The maximum atomic E-state index is 12.0. The molecule has 1 atom stereocenters. The van der Waals surface area contributed by atoms with E-state index in [9.17, 15) is 4.79 Å². The molecule has 0 aliphatic carbocycles. The number of hydrogen-bond acceptors (Lipinski definition) is 3. The summed E-state index contributed by atoms with van der Waals surface area (Å²) >= 11 is 0. The van der Waals surface area contributed by atoms with Crippen LogP contribution in [-0.4, -0.2) is 53.1 Å². The topological polar surface area (TPSA) is 50.6 Å². The van der Waals surface area contributed by atoms with Gasteiger partial charge in [-0.15, -0.1) is 0 Å². The number of nitrogens with zero attached hydrogens (tertiary/aromatic N) is 4. The van der Waals surface area contributed by atoms with Crippen LogP contribution in [0.4, 0.5) is 4.79 Å². The number of fused-ring (bicyclic) bond motifs is 1. The van der Waals surface area contributed by atoms with Crippen molar-refractivity contribution in [1.29, 1.82) is 0 Å². The first-order valence-corrected chi connectivity index (χ1v) is 6.07. The molecule has 0 fully saturated rings. The normalized spacial score (nSPS) is 18.7. The fourth-order valence-electron chi connectivity index (χ4n) is 2.34. The minimum Gasteiger partial charge on any atom is -0.378 e. The zero-order chi connectivity index (χ0) is 13.3. The Labute approximate surface area is 107 Å². The molecule has 6 heteroatoms. The Morgan fingerprint density at radius 3 is 2.89 bits per heavy atom. The van der Waals surface area contributed by atoms with Crippen LogP contribution < -0.4 is 0 Å². The van der Waals surface area contributed by atoms with Crippen molar-refractivity contribution >= 4 is 6.03 Å². The number of ether oxygens (including phenoxy) is 1. The molecule has 1 aromatic heterocycles. The van der Waals surface area contributed by atoms with Gasteiger partial charge in [-0.3, -0.25) is 0 Å². The van der Waals surface area contributed by atoms with E-state index in [1.807, 2.05) is 18.0 Å². The zero-order valence-electron chi connectivity index (χ0n) is 11.4. The zero-order valence-corrected chi connectivity index (χ0v) is 11.4. The van der Waals surface area contributed by atoms with Gasteiger partial charge in [0.15, 0.2) is 0 Å². The molecule has 0 bridgehead atoms. The standard InChI is InChI=1S/C12H20N4O2/c1-9-11-13-7-10(8-18-4)16(11)6-5-15(9)12(17)14(2)3/h7,9H,5-6,8H2,1-4H3/t9-/m0/s1. The first-order valence-electron chi connectivity index (χ1n) is 6.07. The predicted octanol–water partition coefficient (Wildman–Crippen LogP) is 1.09. The summed E-state index contributed by atoms with van der Waals surface area (Å²) in [6.45, 7) is 4.05. The van der Waals surface area contributed by atoms with Gasteiger partial charge < -0.3 is 19.1 Å². The lowest BCUT2D eigenvalue weighted by Gasteiger charge is -2.35. The van der Waals surface area contributed by atoms with Gasteiger partial charge in [-0.2, -0.15) is 0 Å². The third kappa shape index (κ3) is 2.08. The van der Waals surface area contributed by atoms with Crippen molar-refractivity contribution in [3.8, 4) is 0 Å². The second kappa shape index (κ2) is 4.97. The summed E-state index contributed by atoms with van der Waals surface area (Å²) in [6.07, 6.45) is 1.83. The fourth-order valence-corrected chi connectivity index (χ4v) is 2.34. The van der Waals surface area contributed by atoms with Gasteiger partial charge in [-0.1, -0.05) is 0 Å². The van der Waals surface area contributed by atoms with Crippen LogP contribution in [0.5, 0.6) is 0 Å². The maximum Gasteiger partial charge on any atom is 0.320 e. The van der Waals surface area contributed by atoms with Crippen molar-refractivity contribution in [1.82, 2.24) is 19.4 Å². The number of imidazole rings is 1. The summed E-state index contributed by atoms with van der Waals surface area (Å²) in [5.74, 6) is 0.934. The van der Waals surface area contributed by atoms with Gasteiger partial charge in [-0.05, 0) is 6.92 Å². The first-order chi connectivity index (χ1) is 8.56. The third-order valence-corrected chi connectivity index (χ3v) is 3.30. The van der Waals surface area contributed by atoms with Crippen LogP contribution >= 0.6 is 0 Å². The number of urea groups is 1. The quantitative estimate of drug-likeness (QED) is 0.791. The molecule has 0 saturated carbocycles. The SMILES string of the molecule is COCc1cnc2n1CCN(C(=O)N(C)C)[C@H]2C. The molecule has 1 aliphatic heterocycles. The Balaban J connectivity index is 2.24. The highest BCUT2D eigenvalue weighted by atomic mass is 16.5. The highest BCUT2D eigenvalue weighted by Crippen LogP contribution is 2.26. The Morgan fingerprint density at radius 1 is 1.56 bits per heavy atom. The van der Waals surface area contributed by atoms with Crippen molar-refractivity contribution in [2.75, 3.05) is 27.7 Å². The Bertz CT molecular complexity index is 441. The second-order valence-electron chi connectivity index (χ2n) is 4.74. The van der Waals surface area contributed by atoms with E-state index in [1.54, 1.807) is 26.1 Å². The summed E-state index contributed by atoms with van der Waals surface area (Å²) in [5.41, 5.74) is 1.07. The lowest BCUT2D eigenvalue weighted by Crippen LogP contribution is -2.46. The number of amides is 2. The van der Waals surface area contributed by atoms with E-state index < -0.39 is 0 Å². The summed E-state index contributed by atoms with van der Waals surface area (Å²) in [7, 11) is 5.22. The van der Waals surface area contributed by atoms with Gasteiger partial charge in [0.25, 0.3) is 0 Å². The molecule has 0 radical (unpaired) electrons. The van der Waals surface area contributed by atoms with Crippen LogP contribution in [0.15, 0.2) is 6.20 Å². The second-order valence-corrected chi connectivity index (χ2v) is 4.74. The predicted molar refractivity (Wildman–Crippen MR) is 67.1 cm³/mol. The molecule has 0 unspecified atom stereocenters. The Kier molecular flexibility index (Phi) is 3.56. The minimum atomic E-state index is -0.000689. The van der Waals surface area contributed by atoms with E-state index in [-0.39, 0.29) is 12.1 Å². The molecular formula is C12H20N4O2. The van der Waals surface area contributed by atoms with Gasteiger partial charge in [-0.25, -0.2) is 9.78 Å². The van der Waals surface area contributed by atoms with Gasteiger partial charge in [0, 0.05) is 34.3 Å². The lowest BCUT2D eigenvalue weighted by atomic mass is 10.2. The van der Waals surface area contributed by atoms with Crippen LogP contribution in [0.3, 0.4) is 0 Å². The van der Waals surface area contributed by atoms with Crippen molar-refractivity contribution < 1.29 is 9.53 Å². The molecule has 0 N–H and O–H groups in total. The summed E-state index contributed by atoms with van der Waals surface area (Å²) in [4.78, 5) is 19.9. The van der Waals surface area contributed by atoms with E-state index in [1.165, 1.54) is 0 Å². The molecule has 6 nitrogen and oxygen atoms in total. The van der Waals surface area contributed by atoms with Crippen LogP contribution in [0.1, 0.15) is 24.5 Å². The van der Waals surface area contributed by atoms with Crippen molar-refractivity contribution in [3.63, 3.8) is 0 Å². The number of carbonyl (C=O) groups is 1. The molecular weight excluding hydrogens is 232 g/mol. The number of methoxy groups -OCH3 is 1. The first kappa shape index (κ1) is 12.9. The van der Waals surface area contributed by atoms with Crippen molar-refractivity contribution in [3.05, 3.63) is 17.7 Å². The highest BCUT2D eigenvalue weighted by Gasteiger charge is 2.30. The molecule has 1 aromatic rings. The van der Waals surface area contributed by atoms with Crippen LogP contribution in [0.2, 0.25) is 0 Å². The molecule has 0 aromatic carbocycles. The van der Waals surface area contributed by atoms with Crippen molar-refractivity contribution in [2.24, 2.45) is 0 Å². The van der Waals surface area contributed by atoms with E-state index in [0.29, 0.717) is 13.2 Å². The van der Waals surface area contributed by atoms with E-state index in [2.05, 4.69) is 9.55 Å². The number of carbonyl (C=O) groups excluding carboxylic acids is 1. The van der Waals surface area contributed by atoms with Crippen LogP contribution in [-0.2, 0) is 17.9 Å². The fraction of sp³-hybridized carbons (Fsp3) is 0.667. The van der Waals surface area contributed by atoms with Gasteiger partial charge >= 0.3 is 6.03 Å². The Hall–Kier alpha value is -1.56. The Morgan fingerprint density at radius 2 is 2.28 bits per heavy atom. The molecule has 18 heavy (non-hydrogen) atoms. The third-order valence-electron chi connectivity index (χ3n) is 3.30. The van der Waals surface area contributed by atoms with Gasteiger partial charge in [0.2, 0.25) is 0 Å². The molecule has 0 saturated heterocycles. The summed E-state index contributed by atoms with van der Waals surface area (Å²) in [5, 5.41) is 0. The highest BCUT2D eigenvalue weighted by molar-refractivity contribution is 5.74. The molecule has 2 heterocycles. The summed E-state index contributed by atoms with van der Waals surface area (Å²) in [6, 6.07) is 0.0318. The average molecular weight is 252 g/mol. The maximum absolute atomic E-state index is 12.0. The summed E-state index contributed by atoms with van der Waals surface area (Å²) < 4.78 is 7.30. The minimum absolute atomic E-state index is 0.000689. The van der Waals surface area contributed by atoms with Gasteiger partial charge in [0.1, 0.15) is 5.82 Å². The molecule has 100 valence electrons. The monoisotopic (exact) mass is 252 g/mol. The molecule has 0 spiro atoms. The van der Waals surface area contributed by atoms with Crippen LogP contribution in [0, 0.1) is 0 Å². The van der Waals surface area contributed by atoms with Gasteiger partial charge in [0.05, 0.1) is 24.5 Å². The number of rotatable bonds is 2. The van der Waals surface area contributed by atoms with E-state index in [4.69, 9.17) is 4.74 Å². The van der Waals surface area contributed by atoms with Crippen LogP contribution in [0.25, 0.3) is 0 Å². The van der Waals surface area contributed by atoms with E-state index >= 15 is 0 Å². The van der Waals surface area contributed by atoms with E-state index in [0.717, 1.165) is 18.1 Å². The smallest absolute Gasteiger partial charge is 0.320 e. The molecule has 2 rings (SSSR count). The average Bonchev–Trinajstić information content (AvgIpc) is 2.74. The van der Waals surface area contributed by atoms with Crippen molar-refractivity contribution in [2.45, 2.75) is 26.1 Å². The number of aromatic nitrogens is 2. The lowest BCUT2D eigenvalue weighted by molar-refractivity contribution is 0.132. The largest absolute Gasteiger partial charge is 0.378 e. The molecule has 2 amide bonds. The molecule has 1 aliphatic rings.